The summed E-state index contributed by atoms with van der Waals surface area (Å²) in [6.07, 6.45) is 2.25. The quantitative estimate of drug-likeness (QED) is 0.335. The van der Waals surface area contributed by atoms with Crippen molar-refractivity contribution in [3.63, 3.8) is 0 Å². The number of hydrogen-bond donors (Lipinski definition) is 3. The van der Waals surface area contributed by atoms with E-state index in [1.807, 2.05) is 0 Å². The highest BCUT2D eigenvalue weighted by Gasteiger charge is 2.22. The van der Waals surface area contributed by atoms with Crippen molar-refractivity contribution in [3.8, 4) is 0 Å². The van der Waals surface area contributed by atoms with Gasteiger partial charge in [-0.2, -0.15) is 0 Å². The Morgan fingerprint density at radius 1 is 1.19 bits per heavy atom. The molecule has 0 aliphatic heterocycles. The van der Waals surface area contributed by atoms with Crippen LogP contribution >= 0.6 is 0 Å². The number of nitrogens with two attached hydrogens (primary N) is 1. The van der Waals surface area contributed by atoms with Crippen molar-refractivity contribution in [3.05, 3.63) is 0 Å². The van der Waals surface area contributed by atoms with E-state index in [9.17, 15) is 0 Å². The van der Waals surface area contributed by atoms with E-state index in [4.69, 9.17) is 14.6 Å². The lowest BCUT2D eigenvalue weighted by atomic mass is 10.3. The summed E-state index contributed by atoms with van der Waals surface area (Å²) in [4.78, 5) is 0. The van der Waals surface area contributed by atoms with Gasteiger partial charge in [-0.05, 0) is 6.42 Å². The Bertz CT molecular complexity index is 148. The average Bonchev–Trinajstić information content (AvgIpc) is 2.30. The average molecular weight is 249 g/mol. The fourth-order valence-electron chi connectivity index (χ4n) is 1.64. The van der Waals surface area contributed by atoms with E-state index in [0.717, 1.165) is 32.5 Å². The molecule has 0 saturated carbocycles. The van der Waals surface area contributed by atoms with E-state index in [-0.39, 0.29) is 0 Å². The van der Waals surface area contributed by atoms with Crippen LogP contribution in [0.1, 0.15) is 19.8 Å². The van der Waals surface area contributed by atoms with Gasteiger partial charge >= 0.3 is 9.28 Å². The van der Waals surface area contributed by atoms with Crippen molar-refractivity contribution >= 4 is 9.28 Å². The van der Waals surface area contributed by atoms with Crippen LogP contribution in [-0.2, 0) is 8.85 Å². The molecule has 1 atom stereocenters. The lowest BCUT2D eigenvalue weighted by Gasteiger charge is -2.23. The Labute approximate surface area is 101 Å². The van der Waals surface area contributed by atoms with E-state index in [1.54, 1.807) is 14.2 Å². The van der Waals surface area contributed by atoms with Gasteiger partial charge in [0.05, 0.1) is 0 Å². The maximum absolute atomic E-state index is 5.41. The van der Waals surface area contributed by atoms with Crippen molar-refractivity contribution in [2.75, 3.05) is 40.4 Å². The molecule has 0 fully saturated rings. The first-order valence-electron chi connectivity index (χ1n) is 5.99. The molecule has 0 aliphatic rings. The van der Waals surface area contributed by atoms with Crippen LogP contribution in [0.15, 0.2) is 0 Å². The smallest absolute Gasteiger partial charge is 0.338 e. The molecule has 6 heteroatoms. The van der Waals surface area contributed by atoms with E-state index in [1.165, 1.54) is 0 Å². The maximum Gasteiger partial charge on any atom is 0.338 e. The summed E-state index contributed by atoms with van der Waals surface area (Å²) >= 11 is 0. The van der Waals surface area contributed by atoms with Crippen molar-refractivity contribution in [2.45, 2.75) is 25.4 Å². The number of nitrogens with one attached hydrogen (secondary N) is 2. The minimum Gasteiger partial charge on any atom is -0.399 e. The molecule has 0 aromatic rings. The third-order valence-corrected chi connectivity index (χ3v) is 4.58. The van der Waals surface area contributed by atoms with Crippen LogP contribution in [0.5, 0.6) is 0 Å². The third-order valence-electron chi connectivity index (χ3n) is 2.42. The van der Waals surface area contributed by atoms with Gasteiger partial charge in [0.2, 0.25) is 0 Å². The van der Waals surface area contributed by atoms with Crippen LogP contribution in [0.2, 0.25) is 0 Å². The third kappa shape index (κ3) is 7.32. The minimum absolute atomic E-state index is 0.389. The van der Waals surface area contributed by atoms with E-state index in [0.29, 0.717) is 12.2 Å². The summed E-state index contributed by atoms with van der Waals surface area (Å²) in [5.41, 5.74) is 5.78. The first kappa shape index (κ1) is 16.0. The van der Waals surface area contributed by atoms with Gasteiger partial charge in [0, 0.05) is 46.1 Å². The predicted octanol–water partition coefficient (Wildman–Crippen LogP) is -0.654. The minimum atomic E-state index is -1.55. The van der Waals surface area contributed by atoms with E-state index in [2.05, 4.69) is 17.6 Å². The molecule has 0 aliphatic carbocycles. The lowest BCUT2D eigenvalue weighted by Crippen LogP contribution is -2.48. The molecule has 98 valence electrons. The van der Waals surface area contributed by atoms with Crippen molar-refractivity contribution in [1.29, 1.82) is 0 Å². The monoisotopic (exact) mass is 249 g/mol. The van der Waals surface area contributed by atoms with Crippen LogP contribution in [0, 0.1) is 0 Å². The largest absolute Gasteiger partial charge is 0.399 e. The molecule has 0 saturated heterocycles. The highest BCUT2D eigenvalue weighted by molar-refractivity contribution is 6.46. The van der Waals surface area contributed by atoms with Gasteiger partial charge in [0.25, 0.3) is 0 Å². The fraction of sp³-hybridized carbons (Fsp3) is 1.00. The lowest BCUT2D eigenvalue weighted by molar-refractivity contribution is 0.255. The zero-order valence-electron chi connectivity index (χ0n) is 10.8. The number of rotatable bonds is 11. The molecular formula is C10H27N3O2Si. The SMILES string of the molecule is CCCC(NCCNCCN)[SiH](OC)OC. The molecular weight excluding hydrogens is 222 g/mol. The summed E-state index contributed by atoms with van der Waals surface area (Å²) in [5, 5.41) is 6.74. The van der Waals surface area contributed by atoms with Gasteiger partial charge in [-0.15, -0.1) is 0 Å². The molecule has 0 heterocycles. The summed E-state index contributed by atoms with van der Waals surface area (Å²) in [7, 11) is 1.92. The predicted molar refractivity (Wildman–Crippen MR) is 69.8 cm³/mol. The molecule has 0 rings (SSSR count). The van der Waals surface area contributed by atoms with Crippen molar-refractivity contribution < 1.29 is 8.85 Å². The Balaban J connectivity index is 3.74. The van der Waals surface area contributed by atoms with Gasteiger partial charge in [0.15, 0.2) is 0 Å². The van der Waals surface area contributed by atoms with Gasteiger partial charge in [-0.3, -0.25) is 0 Å². The Morgan fingerprint density at radius 3 is 2.38 bits per heavy atom. The van der Waals surface area contributed by atoms with Crippen LogP contribution in [-0.4, -0.2) is 55.3 Å². The van der Waals surface area contributed by atoms with Crippen molar-refractivity contribution in [1.82, 2.24) is 10.6 Å². The molecule has 5 nitrogen and oxygen atoms in total. The van der Waals surface area contributed by atoms with Crippen LogP contribution in [0.3, 0.4) is 0 Å². The summed E-state index contributed by atoms with van der Waals surface area (Å²) < 4.78 is 10.8. The summed E-state index contributed by atoms with van der Waals surface area (Å²) in [5.74, 6) is 0. The van der Waals surface area contributed by atoms with Gasteiger partial charge < -0.3 is 25.2 Å². The second-order valence-corrected chi connectivity index (χ2v) is 6.21. The molecule has 16 heavy (non-hydrogen) atoms. The highest BCUT2D eigenvalue weighted by Crippen LogP contribution is 2.02. The number of hydrogen-bond acceptors (Lipinski definition) is 5. The topological polar surface area (TPSA) is 68.5 Å². The second kappa shape index (κ2) is 11.5. The fourth-order valence-corrected chi connectivity index (χ4v) is 3.46. The molecule has 0 spiro atoms. The second-order valence-electron chi connectivity index (χ2n) is 3.73. The first-order valence-corrected chi connectivity index (χ1v) is 7.60. The van der Waals surface area contributed by atoms with Crippen LogP contribution < -0.4 is 16.4 Å². The molecule has 4 N–H and O–H groups in total. The normalized spacial score (nSPS) is 13.3. The standard InChI is InChI=1S/C10H27N3O2Si/c1-4-5-10(16(14-2)15-3)13-9-8-12-7-6-11/h10,12-13,16H,4-9,11H2,1-3H3. The summed E-state index contributed by atoms with van der Waals surface area (Å²) in [6.45, 7) is 5.60. The van der Waals surface area contributed by atoms with Gasteiger partial charge in [-0.1, -0.05) is 13.3 Å². The summed E-state index contributed by atoms with van der Waals surface area (Å²) in [6, 6.07) is 0. The van der Waals surface area contributed by atoms with E-state index >= 15 is 0 Å². The van der Waals surface area contributed by atoms with Gasteiger partial charge in [0.1, 0.15) is 0 Å². The van der Waals surface area contributed by atoms with Crippen LogP contribution in [0.4, 0.5) is 0 Å². The zero-order chi connectivity index (χ0) is 12.2. The molecule has 0 amide bonds. The first-order chi connectivity index (χ1) is 7.79. The molecule has 1 unspecified atom stereocenters. The zero-order valence-corrected chi connectivity index (χ0v) is 11.9. The molecule has 0 radical (unpaired) electrons. The maximum atomic E-state index is 5.41. The molecule has 0 aromatic carbocycles. The van der Waals surface area contributed by atoms with Crippen molar-refractivity contribution in [2.24, 2.45) is 5.73 Å². The Kier molecular flexibility index (Phi) is 11.5. The molecule has 0 aromatic heterocycles. The van der Waals surface area contributed by atoms with E-state index < -0.39 is 9.28 Å². The van der Waals surface area contributed by atoms with Gasteiger partial charge in [-0.25, -0.2) is 0 Å². The highest BCUT2D eigenvalue weighted by atomic mass is 28.3. The molecule has 0 bridgehead atoms. The Morgan fingerprint density at radius 2 is 1.88 bits per heavy atom. The van der Waals surface area contributed by atoms with Crippen LogP contribution in [0.25, 0.3) is 0 Å². The Hall–Kier alpha value is 0.0169.